The molecule has 312 valence electrons. The first-order chi connectivity index (χ1) is 32.7. The van der Waals surface area contributed by atoms with Gasteiger partial charge in [-0.1, -0.05) is 176 Å². The molecule has 0 atom stereocenters. The summed E-state index contributed by atoms with van der Waals surface area (Å²) in [6.07, 6.45) is 4.01. The van der Waals surface area contributed by atoms with Crippen LogP contribution >= 0.6 is 0 Å². The smallest absolute Gasteiger partial charge is 0.0493 e. The highest BCUT2D eigenvalue weighted by atomic mass is 15.2. The summed E-state index contributed by atoms with van der Waals surface area (Å²) in [6.45, 7) is 0. The summed E-state index contributed by atoms with van der Waals surface area (Å²) in [5, 5.41) is 7.39. The van der Waals surface area contributed by atoms with E-state index >= 15 is 0 Å². The van der Waals surface area contributed by atoms with Crippen molar-refractivity contribution in [2.24, 2.45) is 0 Å². The first-order valence-electron chi connectivity index (χ1n) is 23.3. The number of nitrogens with zero attached hydrogens (tertiary/aromatic N) is 2. The highest BCUT2D eigenvalue weighted by Gasteiger charge is 2.27. The van der Waals surface area contributed by atoms with Gasteiger partial charge in [-0.05, 0) is 168 Å². The second-order valence-electron chi connectivity index (χ2n) is 17.9. The zero-order valence-corrected chi connectivity index (χ0v) is 36.7. The lowest BCUT2D eigenvalue weighted by Gasteiger charge is -2.29. The highest BCUT2D eigenvalue weighted by Crippen LogP contribution is 2.50. The second-order valence-corrected chi connectivity index (χ2v) is 17.9. The third kappa shape index (κ3) is 6.40. The third-order valence-corrected chi connectivity index (χ3v) is 14.2. The Kier molecular flexibility index (Phi) is 9.16. The van der Waals surface area contributed by atoms with Crippen molar-refractivity contribution in [1.29, 1.82) is 0 Å². The molecule has 0 spiro atoms. The molecule has 0 saturated heterocycles. The van der Waals surface area contributed by atoms with Gasteiger partial charge in [0.1, 0.15) is 0 Å². The molecule has 2 nitrogen and oxygen atoms in total. The van der Waals surface area contributed by atoms with E-state index in [1.807, 2.05) is 0 Å². The summed E-state index contributed by atoms with van der Waals surface area (Å²) in [5.74, 6) is 0. The SMILES string of the molecule is c1ccc(-c2ccc(-c3c4ccc(N5c6ccccc6CCc6ccccc65)cc4c(-c4ccc5ccccc5c4)c4ccc(N5c6ccccc6CCc6ccccc65)cc34)cc2)cc1. The standard InChI is InChI=1S/C64H46N2/c1-2-14-43(15-3-1)45-26-33-50(34-27-45)63-55-38-36-54(66-61-24-12-8-19-48(61)31-32-49-20-9-13-25-62(49)66)42-58(55)64(52-35-28-44-16-4-5-21-51(44)40-52)56-39-37-53(41-57(56)63)65-59-22-10-6-17-46(59)29-30-47-18-7-11-23-60(47)65/h1-28,33-42H,29-32H2. The number of hydrogen-bond donors (Lipinski definition) is 0. The molecule has 0 amide bonds. The Hall–Kier alpha value is -8.20. The first kappa shape index (κ1) is 38.3. The van der Waals surface area contributed by atoms with Gasteiger partial charge in [-0.25, -0.2) is 0 Å². The predicted molar refractivity (Wildman–Crippen MR) is 279 cm³/mol. The van der Waals surface area contributed by atoms with Gasteiger partial charge in [-0.15, -0.1) is 0 Å². The van der Waals surface area contributed by atoms with Crippen molar-refractivity contribution in [1.82, 2.24) is 0 Å². The van der Waals surface area contributed by atoms with Crippen LogP contribution in [0.15, 0.2) is 231 Å². The number of fused-ring (bicyclic) bond motifs is 7. The molecule has 66 heavy (non-hydrogen) atoms. The Morgan fingerprint density at radius 1 is 0.242 bits per heavy atom. The van der Waals surface area contributed by atoms with E-state index in [0.717, 1.165) is 37.1 Å². The van der Waals surface area contributed by atoms with Crippen molar-refractivity contribution in [2.75, 3.05) is 9.80 Å². The minimum absolute atomic E-state index is 1.00. The second kappa shape index (κ2) is 15.8. The molecule has 13 rings (SSSR count). The largest absolute Gasteiger partial charge is 0.310 e. The molecule has 0 aromatic heterocycles. The minimum atomic E-state index is 1.00. The zero-order chi connectivity index (χ0) is 43.6. The van der Waals surface area contributed by atoms with E-state index in [2.05, 4.69) is 240 Å². The summed E-state index contributed by atoms with van der Waals surface area (Å²) in [4.78, 5) is 5.02. The van der Waals surface area contributed by atoms with Crippen molar-refractivity contribution in [3.05, 3.63) is 253 Å². The Bertz CT molecular complexity index is 3570. The van der Waals surface area contributed by atoms with Crippen molar-refractivity contribution in [3.63, 3.8) is 0 Å². The van der Waals surface area contributed by atoms with Crippen LogP contribution in [-0.4, -0.2) is 0 Å². The van der Waals surface area contributed by atoms with Gasteiger partial charge in [0.2, 0.25) is 0 Å². The molecule has 0 aliphatic carbocycles. The highest BCUT2D eigenvalue weighted by molar-refractivity contribution is 6.23. The van der Waals surface area contributed by atoms with Gasteiger partial charge in [0.15, 0.2) is 0 Å². The van der Waals surface area contributed by atoms with Crippen LogP contribution in [0.4, 0.5) is 34.1 Å². The van der Waals surface area contributed by atoms with E-state index in [4.69, 9.17) is 0 Å². The van der Waals surface area contributed by atoms with Crippen LogP contribution < -0.4 is 9.80 Å². The number of rotatable bonds is 5. The lowest BCUT2D eigenvalue weighted by Crippen LogP contribution is -2.12. The molecule has 2 heterocycles. The van der Waals surface area contributed by atoms with E-state index in [1.165, 1.54) is 111 Å². The lowest BCUT2D eigenvalue weighted by molar-refractivity contribution is 0.977. The van der Waals surface area contributed by atoms with Crippen molar-refractivity contribution < 1.29 is 0 Å². The fourth-order valence-electron chi connectivity index (χ4n) is 11.0. The molecule has 0 N–H and O–H groups in total. The summed E-state index contributed by atoms with van der Waals surface area (Å²) in [5.41, 5.74) is 20.1. The molecule has 11 aromatic rings. The number of aryl methyl sites for hydroxylation is 4. The van der Waals surface area contributed by atoms with Crippen LogP contribution in [0.5, 0.6) is 0 Å². The predicted octanol–water partition coefficient (Wildman–Crippen LogP) is 17.3. The summed E-state index contributed by atoms with van der Waals surface area (Å²) >= 11 is 0. The minimum Gasteiger partial charge on any atom is -0.310 e. The van der Waals surface area contributed by atoms with Crippen LogP contribution in [0, 0.1) is 0 Å². The van der Waals surface area contributed by atoms with Gasteiger partial charge in [0.25, 0.3) is 0 Å². The summed E-state index contributed by atoms with van der Waals surface area (Å²) in [7, 11) is 0. The quantitative estimate of drug-likeness (QED) is 0.159. The van der Waals surface area contributed by atoms with Gasteiger partial charge in [-0.3, -0.25) is 0 Å². The topological polar surface area (TPSA) is 6.48 Å². The monoisotopic (exact) mass is 842 g/mol. The lowest BCUT2D eigenvalue weighted by atomic mass is 9.84. The van der Waals surface area contributed by atoms with Crippen molar-refractivity contribution in [3.8, 4) is 33.4 Å². The van der Waals surface area contributed by atoms with E-state index in [0.29, 0.717) is 0 Å². The fraction of sp³-hybridized carbons (Fsp3) is 0.0625. The van der Waals surface area contributed by atoms with Gasteiger partial charge >= 0.3 is 0 Å². The fourth-order valence-corrected chi connectivity index (χ4v) is 11.0. The number of hydrogen-bond acceptors (Lipinski definition) is 2. The molecule has 0 fully saturated rings. The van der Waals surface area contributed by atoms with Gasteiger partial charge in [0.05, 0.1) is 0 Å². The Morgan fingerprint density at radius 2 is 0.621 bits per heavy atom. The van der Waals surface area contributed by atoms with E-state index in [9.17, 15) is 0 Å². The molecular formula is C64H46N2. The van der Waals surface area contributed by atoms with Crippen LogP contribution in [-0.2, 0) is 25.7 Å². The summed E-state index contributed by atoms with van der Waals surface area (Å²) < 4.78 is 0. The van der Waals surface area contributed by atoms with Gasteiger partial charge in [-0.2, -0.15) is 0 Å². The van der Waals surface area contributed by atoms with Crippen LogP contribution in [0.3, 0.4) is 0 Å². The normalized spacial score (nSPS) is 13.2. The van der Waals surface area contributed by atoms with Gasteiger partial charge < -0.3 is 9.80 Å². The van der Waals surface area contributed by atoms with Crippen LogP contribution in [0.25, 0.3) is 65.7 Å². The maximum absolute atomic E-state index is 2.51. The number of para-hydroxylation sites is 4. The molecule has 0 bridgehead atoms. The molecule has 2 heteroatoms. The Balaban J connectivity index is 1.13. The maximum atomic E-state index is 2.51. The van der Waals surface area contributed by atoms with Crippen LogP contribution in [0.1, 0.15) is 22.3 Å². The number of anilines is 6. The average molecular weight is 843 g/mol. The third-order valence-electron chi connectivity index (χ3n) is 14.2. The van der Waals surface area contributed by atoms with Crippen molar-refractivity contribution in [2.45, 2.75) is 25.7 Å². The molecule has 0 saturated carbocycles. The molecule has 0 unspecified atom stereocenters. The van der Waals surface area contributed by atoms with E-state index in [1.54, 1.807) is 0 Å². The maximum Gasteiger partial charge on any atom is 0.0493 e. The van der Waals surface area contributed by atoms with E-state index in [-0.39, 0.29) is 0 Å². The Labute approximate surface area is 386 Å². The molecule has 11 aromatic carbocycles. The molecule has 2 aliphatic rings. The molecule has 0 radical (unpaired) electrons. The Morgan fingerprint density at radius 3 is 1.12 bits per heavy atom. The van der Waals surface area contributed by atoms with Crippen LogP contribution in [0.2, 0.25) is 0 Å². The molecule has 2 aliphatic heterocycles. The molecular weight excluding hydrogens is 797 g/mol. The first-order valence-corrected chi connectivity index (χ1v) is 23.3. The van der Waals surface area contributed by atoms with Crippen molar-refractivity contribution >= 4 is 66.4 Å². The average Bonchev–Trinajstić information content (AvgIpc) is 3.66. The van der Waals surface area contributed by atoms with E-state index < -0.39 is 0 Å². The summed E-state index contributed by atoms with van der Waals surface area (Å²) in [6, 6.07) is 86.2. The zero-order valence-electron chi connectivity index (χ0n) is 36.7. The van der Waals surface area contributed by atoms with Gasteiger partial charge in [0, 0.05) is 34.1 Å². The number of benzene rings is 11.